The van der Waals surface area contributed by atoms with Crippen LogP contribution in [0.4, 0.5) is 6.01 Å². The summed E-state index contributed by atoms with van der Waals surface area (Å²) in [5, 5.41) is 10.6. The predicted molar refractivity (Wildman–Crippen MR) is 121 cm³/mol. The van der Waals surface area contributed by atoms with E-state index in [2.05, 4.69) is 27.6 Å². The number of hydrogen-bond donors (Lipinski definition) is 1. The number of carbonyl (C=O) groups is 1. The zero-order valence-corrected chi connectivity index (χ0v) is 19.5. The van der Waals surface area contributed by atoms with Crippen molar-refractivity contribution in [3.8, 4) is 11.5 Å². The number of fused-ring (bicyclic) bond motifs is 1. The predicted octanol–water partition coefficient (Wildman–Crippen LogP) is 4.12. The average Bonchev–Trinajstić information content (AvgIpc) is 3.54. The maximum Gasteiger partial charge on any atom is 0.322 e. The van der Waals surface area contributed by atoms with Crippen molar-refractivity contribution in [2.45, 2.75) is 48.8 Å². The lowest BCUT2D eigenvalue weighted by Crippen LogP contribution is -2.42. The Morgan fingerprint density at radius 1 is 1.12 bits per heavy atom. The second-order valence-electron chi connectivity index (χ2n) is 7.92. The Kier molecular flexibility index (Phi) is 5.79. The highest BCUT2D eigenvalue weighted by Gasteiger charge is 2.40. The van der Waals surface area contributed by atoms with Gasteiger partial charge in [0.25, 0.3) is 10.0 Å². The van der Waals surface area contributed by atoms with E-state index in [-0.39, 0.29) is 16.8 Å². The van der Waals surface area contributed by atoms with Gasteiger partial charge in [-0.2, -0.15) is 4.31 Å². The van der Waals surface area contributed by atoms with Gasteiger partial charge in [-0.15, -0.1) is 16.4 Å². The third-order valence-corrected chi connectivity index (χ3v) is 9.48. The molecule has 11 heteroatoms. The van der Waals surface area contributed by atoms with E-state index in [1.807, 2.05) is 6.07 Å². The molecule has 2 aromatic heterocycles. The minimum atomic E-state index is -3.81. The van der Waals surface area contributed by atoms with E-state index in [1.165, 1.54) is 40.4 Å². The molecule has 5 rings (SSSR count). The van der Waals surface area contributed by atoms with Gasteiger partial charge in [0.05, 0.1) is 4.34 Å². The number of rotatable bonds is 5. The van der Waals surface area contributed by atoms with Crippen LogP contribution in [0, 0.1) is 0 Å². The molecule has 8 nitrogen and oxygen atoms in total. The van der Waals surface area contributed by atoms with E-state index in [1.54, 1.807) is 0 Å². The smallest absolute Gasteiger partial charge is 0.322 e. The number of thiophene rings is 1. The zero-order valence-electron chi connectivity index (χ0n) is 17.1. The summed E-state index contributed by atoms with van der Waals surface area (Å²) < 4.78 is 33.3. The third kappa shape index (κ3) is 4.07. The molecule has 32 heavy (non-hydrogen) atoms. The van der Waals surface area contributed by atoms with Gasteiger partial charge in [0, 0.05) is 12.1 Å². The molecule has 0 radical (unpaired) electrons. The number of halogens is 1. The number of sulfonamides is 1. The Morgan fingerprint density at radius 2 is 1.94 bits per heavy atom. The summed E-state index contributed by atoms with van der Waals surface area (Å²) in [5.41, 5.74) is 3.44. The van der Waals surface area contributed by atoms with Gasteiger partial charge in [0.1, 0.15) is 10.3 Å². The molecule has 1 aliphatic carbocycles. The van der Waals surface area contributed by atoms with Gasteiger partial charge >= 0.3 is 6.01 Å². The minimum absolute atomic E-state index is 0.0499. The lowest BCUT2D eigenvalue weighted by atomic mass is 9.90. The summed E-state index contributed by atoms with van der Waals surface area (Å²) in [6, 6.07) is 8.19. The maximum absolute atomic E-state index is 13.0. The van der Waals surface area contributed by atoms with Gasteiger partial charge < -0.3 is 4.42 Å². The van der Waals surface area contributed by atoms with Crippen LogP contribution in [0.1, 0.15) is 36.8 Å². The highest BCUT2D eigenvalue weighted by atomic mass is 35.5. The summed E-state index contributed by atoms with van der Waals surface area (Å²) in [5.74, 6) is -0.174. The molecule has 1 saturated heterocycles. The molecule has 1 aromatic carbocycles. The molecule has 1 atom stereocenters. The molecule has 0 saturated carbocycles. The van der Waals surface area contributed by atoms with Gasteiger partial charge in [-0.3, -0.25) is 10.1 Å². The summed E-state index contributed by atoms with van der Waals surface area (Å²) in [7, 11) is -3.81. The van der Waals surface area contributed by atoms with E-state index in [0.29, 0.717) is 23.1 Å². The van der Waals surface area contributed by atoms with Crippen molar-refractivity contribution < 1.29 is 17.6 Å². The molecule has 0 unspecified atom stereocenters. The van der Waals surface area contributed by atoms with E-state index < -0.39 is 22.0 Å². The fourth-order valence-corrected chi connectivity index (χ4v) is 7.56. The van der Waals surface area contributed by atoms with Gasteiger partial charge in [-0.25, -0.2) is 8.42 Å². The van der Waals surface area contributed by atoms with Crippen molar-refractivity contribution in [1.82, 2.24) is 14.5 Å². The highest BCUT2D eigenvalue weighted by molar-refractivity contribution is 7.91. The maximum atomic E-state index is 13.0. The fourth-order valence-electron chi connectivity index (χ4n) is 4.29. The van der Waals surface area contributed by atoms with Crippen LogP contribution in [0.2, 0.25) is 4.34 Å². The van der Waals surface area contributed by atoms with E-state index in [0.717, 1.165) is 29.7 Å². The number of aryl methyl sites for hydroxylation is 2. The van der Waals surface area contributed by atoms with E-state index >= 15 is 0 Å². The number of carbonyl (C=O) groups excluding carboxylic acids is 1. The van der Waals surface area contributed by atoms with E-state index in [4.69, 9.17) is 16.0 Å². The second kappa shape index (κ2) is 8.58. The Bertz CT molecular complexity index is 1270. The second-order valence-corrected chi connectivity index (χ2v) is 11.8. The molecule has 2 aliphatic rings. The molecular formula is C21H21ClN4O4S2. The molecule has 3 heterocycles. The van der Waals surface area contributed by atoms with Gasteiger partial charge in [0.2, 0.25) is 11.8 Å². The molecule has 0 spiro atoms. The standard InChI is InChI=1S/C21H21ClN4O4S2/c22-17-9-10-18(31-17)32(28,29)26-11-3-6-16(26)19(27)23-21-25-24-20(30-21)15-8-7-13-4-1-2-5-14(13)12-15/h7-10,12,16H,1-6,11H2,(H,23,25,27)/t16-/m1/s1. The molecule has 1 N–H and O–H groups in total. The first-order chi connectivity index (χ1) is 15.4. The normalized spacial score (nSPS) is 19.1. The van der Waals surface area contributed by atoms with Crippen LogP contribution >= 0.6 is 22.9 Å². The summed E-state index contributed by atoms with van der Waals surface area (Å²) in [6.07, 6.45) is 5.48. The first-order valence-electron chi connectivity index (χ1n) is 10.5. The summed E-state index contributed by atoms with van der Waals surface area (Å²) in [6.45, 7) is 0.264. The monoisotopic (exact) mass is 492 g/mol. The summed E-state index contributed by atoms with van der Waals surface area (Å²) >= 11 is 6.87. The third-order valence-electron chi connectivity index (χ3n) is 5.87. The molecule has 3 aromatic rings. The van der Waals surface area contributed by atoms with Gasteiger partial charge in [-0.05, 0) is 73.9 Å². The van der Waals surface area contributed by atoms with Crippen LogP contribution in [0.3, 0.4) is 0 Å². The number of hydrogen-bond acceptors (Lipinski definition) is 7. The Hall–Kier alpha value is -2.27. The quantitative estimate of drug-likeness (QED) is 0.574. The Labute approximate surface area is 194 Å². The highest BCUT2D eigenvalue weighted by Crippen LogP contribution is 2.33. The lowest BCUT2D eigenvalue weighted by Gasteiger charge is -2.21. The number of anilines is 1. The largest absolute Gasteiger partial charge is 0.403 e. The number of amides is 1. The molecule has 168 valence electrons. The van der Waals surface area contributed by atoms with Crippen molar-refractivity contribution in [2.24, 2.45) is 0 Å². The molecular weight excluding hydrogens is 472 g/mol. The number of nitrogens with one attached hydrogen (secondary N) is 1. The Balaban J connectivity index is 1.32. The van der Waals surface area contributed by atoms with E-state index in [9.17, 15) is 13.2 Å². The van der Waals surface area contributed by atoms with Crippen molar-refractivity contribution >= 4 is 44.9 Å². The number of benzene rings is 1. The zero-order chi connectivity index (χ0) is 22.3. The van der Waals surface area contributed by atoms with Crippen LogP contribution < -0.4 is 5.32 Å². The van der Waals surface area contributed by atoms with Gasteiger partial charge in [0.15, 0.2) is 0 Å². The molecule has 0 bridgehead atoms. The SMILES string of the molecule is O=C(Nc1nnc(-c2ccc3c(c2)CCCC3)o1)[C@H]1CCCN1S(=O)(=O)c1ccc(Cl)s1. The van der Waals surface area contributed by atoms with Crippen LogP contribution in [0.5, 0.6) is 0 Å². The fraction of sp³-hybridized carbons (Fsp3) is 0.381. The first-order valence-corrected chi connectivity index (χ1v) is 13.1. The molecule has 1 fully saturated rings. The van der Waals surface area contributed by atoms with Crippen molar-refractivity contribution in [2.75, 3.05) is 11.9 Å². The topological polar surface area (TPSA) is 105 Å². The number of aromatic nitrogens is 2. The van der Waals surface area contributed by atoms with Crippen LogP contribution in [-0.2, 0) is 27.7 Å². The minimum Gasteiger partial charge on any atom is -0.403 e. The van der Waals surface area contributed by atoms with Crippen LogP contribution in [0.15, 0.2) is 39.0 Å². The molecule has 1 amide bonds. The summed E-state index contributed by atoms with van der Waals surface area (Å²) in [4.78, 5) is 12.9. The number of nitrogens with zero attached hydrogens (tertiary/aromatic N) is 3. The van der Waals surface area contributed by atoms with Crippen molar-refractivity contribution in [1.29, 1.82) is 0 Å². The first kappa shape index (κ1) is 21.6. The van der Waals surface area contributed by atoms with Gasteiger partial charge in [-0.1, -0.05) is 22.8 Å². The molecule has 1 aliphatic heterocycles. The average molecular weight is 493 g/mol. The lowest BCUT2D eigenvalue weighted by molar-refractivity contribution is -0.119. The van der Waals surface area contributed by atoms with Crippen LogP contribution in [-0.4, -0.2) is 41.4 Å². The van der Waals surface area contributed by atoms with Crippen molar-refractivity contribution in [3.63, 3.8) is 0 Å². The van der Waals surface area contributed by atoms with Crippen LogP contribution in [0.25, 0.3) is 11.5 Å². The Morgan fingerprint density at radius 3 is 2.72 bits per heavy atom. The van der Waals surface area contributed by atoms with Crippen molar-refractivity contribution in [3.05, 3.63) is 45.8 Å².